The van der Waals surface area contributed by atoms with Crippen LogP contribution in [0.2, 0.25) is 0 Å². The van der Waals surface area contributed by atoms with Crippen molar-refractivity contribution in [1.82, 2.24) is 9.80 Å². The predicted molar refractivity (Wildman–Crippen MR) is 110 cm³/mol. The molecule has 0 bridgehead atoms. The molecule has 1 aromatic carbocycles. The molecule has 30 heavy (non-hydrogen) atoms. The maximum absolute atomic E-state index is 13.3. The maximum atomic E-state index is 13.3. The van der Waals surface area contributed by atoms with Crippen molar-refractivity contribution in [3.8, 4) is 0 Å². The van der Waals surface area contributed by atoms with Crippen LogP contribution in [0.3, 0.4) is 0 Å². The van der Waals surface area contributed by atoms with Crippen LogP contribution in [-0.2, 0) is 14.3 Å². The summed E-state index contributed by atoms with van der Waals surface area (Å²) in [7, 11) is 0. The molecule has 2 saturated heterocycles. The van der Waals surface area contributed by atoms with Gasteiger partial charge in [0.1, 0.15) is 11.7 Å². The number of halogens is 1. The van der Waals surface area contributed by atoms with Gasteiger partial charge >= 0.3 is 0 Å². The number of Topliss-reactive ketones (excluding diaryl/α,β-unsaturated/α-hetero) is 2. The highest BCUT2D eigenvalue weighted by molar-refractivity contribution is 7.10. The average molecular weight is 431 g/mol. The second-order valence-corrected chi connectivity index (χ2v) is 8.46. The summed E-state index contributed by atoms with van der Waals surface area (Å²) in [4.78, 5) is 43.5. The standard InChI is InChI=1S/C22H23FN2O4S/c23-16-6-4-15(5-7-16)20(26)18-19(17-3-1-14-30-17)25(22(28)21(18)27)9-2-8-24-10-12-29-13-11-24/h1,3-7,14,18-19H,2,8-13H2. The van der Waals surface area contributed by atoms with E-state index in [2.05, 4.69) is 4.90 Å². The molecule has 2 aliphatic rings. The molecule has 3 heterocycles. The molecule has 2 aliphatic heterocycles. The summed E-state index contributed by atoms with van der Waals surface area (Å²) in [5.41, 5.74) is 0.235. The zero-order valence-corrected chi connectivity index (χ0v) is 17.3. The molecule has 8 heteroatoms. The Bertz CT molecular complexity index is 910. The van der Waals surface area contributed by atoms with Crippen molar-refractivity contribution in [3.05, 3.63) is 58.0 Å². The zero-order chi connectivity index (χ0) is 21.1. The summed E-state index contributed by atoms with van der Waals surface area (Å²) in [6.07, 6.45) is 0.707. The molecule has 0 spiro atoms. The monoisotopic (exact) mass is 430 g/mol. The lowest BCUT2D eigenvalue weighted by molar-refractivity contribution is -0.140. The topological polar surface area (TPSA) is 66.9 Å². The van der Waals surface area contributed by atoms with Gasteiger partial charge in [0.2, 0.25) is 5.78 Å². The number of likely N-dealkylation sites (tertiary alicyclic amines) is 1. The second kappa shape index (κ2) is 9.16. The van der Waals surface area contributed by atoms with Gasteiger partial charge in [-0.15, -0.1) is 11.3 Å². The molecule has 2 aromatic rings. The minimum Gasteiger partial charge on any atom is -0.379 e. The number of hydrogen-bond donors (Lipinski definition) is 0. The number of benzene rings is 1. The Labute approximate surface area is 178 Å². The van der Waals surface area contributed by atoms with Crippen LogP contribution in [-0.4, -0.2) is 66.7 Å². The van der Waals surface area contributed by atoms with E-state index in [1.165, 1.54) is 35.6 Å². The lowest BCUT2D eigenvalue weighted by Gasteiger charge is -2.29. The van der Waals surface area contributed by atoms with Gasteiger partial charge in [-0.3, -0.25) is 19.3 Å². The highest BCUT2D eigenvalue weighted by Crippen LogP contribution is 2.40. The number of rotatable bonds is 7. The number of ether oxygens (including phenoxy) is 1. The van der Waals surface area contributed by atoms with Crippen molar-refractivity contribution >= 4 is 28.8 Å². The van der Waals surface area contributed by atoms with Crippen LogP contribution in [0.4, 0.5) is 4.39 Å². The smallest absolute Gasteiger partial charge is 0.291 e. The minimum absolute atomic E-state index is 0.235. The SMILES string of the molecule is O=C1C(=O)N(CCCN2CCOCC2)C(c2cccs2)C1C(=O)c1ccc(F)cc1. The van der Waals surface area contributed by atoms with Gasteiger partial charge in [0.15, 0.2) is 5.78 Å². The molecule has 0 N–H and O–H groups in total. The summed E-state index contributed by atoms with van der Waals surface area (Å²) in [5, 5.41) is 1.87. The number of nitrogens with zero attached hydrogens (tertiary/aromatic N) is 2. The van der Waals surface area contributed by atoms with Gasteiger partial charge in [-0.05, 0) is 42.1 Å². The van der Waals surface area contributed by atoms with E-state index in [1.807, 2.05) is 17.5 Å². The molecule has 0 radical (unpaired) electrons. The van der Waals surface area contributed by atoms with Crippen LogP contribution >= 0.6 is 11.3 Å². The summed E-state index contributed by atoms with van der Waals surface area (Å²) >= 11 is 1.42. The van der Waals surface area contributed by atoms with Gasteiger partial charge in [-0.1, -0.05) is 6.07 Å². The Hall–Kier alpha value is -2.42. The number of thiophene rings is 1. The fourth-order valence-electron chi connectivity index (χ4n) is 4.09. The van der Waals surface area contributed by atoms with Crippen molar-refractivity contribution in [2.75, 3.05) is 39.4 Å². The van der Waals surface area contributed by atoms with Gasteiger partial charge in [0.25, 0.3) is 5.91 Å². The van der Waals surface area contributed by atoms with E-state index in [-0.39, 0.29) is 5.56 Å². The molecule has 0 aliphatic carbocycles. The van der Waals surface area contributed by atoms with Crippen LogP contribution in [0.15, 0.2) is 41.8 Å². The van der Waals surface area contributed by atoms with Crippen LogP contribution in [0.25, 0.3) is 0 Å². The highest BCUT2D eigenvalue weighted by Gasteiger charge is 2.51. The fourth-order valence-corrected chi connectivity index (χ4v) is 4.96. The van der Waals surface area contributed by atoms with E-state index in [1.54, 1.807) is 4.90 Å². The normalized spacial score (nSPS) is 22.6. The molecular formula is C22H23FN2O4S. The third-order valence-electron chi connectivity index (χ3n) is 5.63. The van der Waals surface area contributed by atoms with E-state index in [0.29, 0.717) is 26.2 Å². The van der Waals surface area contributed by atoms with Gasteiger partial charge < -0.3 is 9.64 Å². The second-order valence-electron chi connectivity index (χ2n) is 7.48. The molecule has 2 fully saturated rings. The first-order valence-corrected chi connectivity index (χ1v) is 10.9. The lowest BCUT2D eigenvalue weighted by Crippen LogP contribution is -2.39. The minimum atomic E-state index is -1.11. The quantitative estimate of drug-likeness (QED) is 0.384. The number of morpholine rings is 1. The number of ketones is 2. The molecule has 1 aromatic heterocycles. The van der Waals surface area contributed by atoms with E-state index in [0.717, 1.165) is 24.5 Å². The average Bonchev–Trinajstić information content (AvgIpc) is 3.37. The first-order valence-electron chi connectivity index (χ1n) is 10.0. The molecule has 0 saturated carbocycles. The van der Waals surface area contributed by atoms with Crippen molar-refractivity contribution < 1.29 is 23.5 Å². The molecule has 6 nitrogen and oxygen atoms in total. The van der Waals surface area contributed by atoms with E-state index >= 15 is 0 Å². The van der Waals surface area contributed by atoms with Gasteiger partial charge in [-0.25, -0.2) is 4.39 Å². The number of carbonyl (C=O) groups is 3. The van der Waals surface area contributed by atoms with E-state index in [4.69, 9.17) is 4.74 Å². The van der Waals surface area contributed by atoms with Crippen molar-refractivity contribution in [3.63, 3.8) is 0 Å². The molecule has 158 valence electrons. The Morgan fingerprint density at radius 2 is 1.83 bits per heavy atom. The Kier molecular flexibility index (Phi) is 6.36. The number of carbonyl (C=O) groups excluding carboxylic acids is 3. The van der Waals surface area contributed by atoms with Gasteiger partial charge in [0.05, 0.1) is 19.3 Å². The zero-order valence-electron chi connectivity index (χ0n) is 16.5. The van der Waals surface area contributed by atoms with Crippen LogP contribution in [0, 0.1) is 11.7 Å². The molecule has 2 atom stereocenters. The Morgan fingerprint density at radius 1 is 1.10 bits per heavy atom. The number of amides is 1. The first-order chi connectivity index (χ1) is 14.6. The molecular weight excluding hydrogens is 407 g/mol. The summed E-state index contributed by atoms with van der Waals surface area (Å²) in [6, 6.07) is 8.18. The Balaban J connectivity index is 1.55. The molecule has 1 amide bonds. The van der Waals surface area contributed by atoms with E-state index in [9.17, 15) is 18.8 Å². The molecule has 2 unspecified atom stereocenters. The summed E-state index contributed by atoms with van der Waals surface area (Å²) < 4.78 is 18.6. The first kappa shape index (κ1) is 20.8. The highest BCUT2D eigenvalue weighted by atomic mass is 32.1. The van der Waals surface area contributed by atoms with E-state index < -0.39 is 35.3 Å². The lowest BCUT2D eigenvalue weighted by atomic mass is 9.89. The van der Waals surface area contributed by atoms with Crippen LogP contribution in [0.5, 0.6) is 0 Å². The van der Waals surface area contributed by atoms with Gasteiger partial charge in [-0.2, -0.15) is 0 Å². The van der Waals surface area contributed by atoms with Gasteiger partial charge in [0, 0.05) is 36.6 Å². The van der Waals surface area contributed by atoms with Crippen molar-refractivity contribution in [1.29, 1.82) is 0 Å². The van der Waals surface area contributed by atoms with Crippen molar-refractivity contribution in [2.24, 2.45) is 5.92 Å². The third-order valence-corrected chi connectivity index (χ3v) is 6.57. The largest absolute Gasteiger partial charge is 0.379 e. The van der Waals surface area contributed by atoms with Crippen molar-refractivity contribution in [2.45, 2.75) is 12.5 Å². The summed E-state index contributed by atoms with van der Waals surface area (Å²) in [5.74, 6) is -3.31. The third kappa shape index (κ3) is 4.21. The maximum Gasteiger partial charge on any atom is 0.291 e. The van der Waals surface area contributed by atoms with Crippen LogP contribution < -0.4 is 0 Å². The van der Waals surface area contributed by atoms with Crippen LogP contribution in [0.1, 0.15) is 27.7 Å². The number of hydrogen-bond acceptors (Lipinski definition) is 6. The summed E-state index contributed by atoms with van der Waals surface area (Å²) in [6.45, 7) is 4.31. The fraction of sp³-hybridized carbons (Fsp3) is 0.409. The Morgan fingerprint density at radius 3 is 2.50 bits per heavy atom. The molecule has 4 rings (SSSR count). The predicted octanol–water partition coefficient (Wildman–Crippen LogP) is 2.56.